The van der Waals surface area contributed by atoms with E-state index in [1.54, 1.807) is 44.2 Å². The number of nitrogens with one attached hydrogen (secondary N) is 1. The normalized spacial score (nSPS) is 15.2. The number of aryl methyl sites for hydroxylation is 1. The van der Waals surface area contributed by atoms with Crippen molar-refractivity contribution in [1.29, 1.82) is 0 Å². The molecule has 0 bridgehead atoms. The number of hydrogen-bond acceptors (Lipinski definition) is 4. The zero-order valence-electron chi connectivity index (χ0n) is 20.8. The summed E-state index contributed by atoms with van der Waals surface area (Å²) in [6, 6.07) is 11.2. The summed E-state index contributed by atoms with van der Waals surface area (Å²) in [6.45, 7) is 3.04. The Morgan fingerprint density at radius 3 is 2.36 bits per heavy atom. The summed E-state index contributed by atoms with van der Waals surface area (Å²) >= 11 is 12.3. The number of sulfonamides is 1. The molecule has 1 aliphatic rings. The number of carbonyl (C=O) groups excluding carboxylic acids is 2. The average molecular weight is 555 g/mol. The highest BCUT2D eigenvalue weighted by atomic mass is 35.5. The Bertz CT molecular complexity index is 1200. The van der Waals surface area contributed by atoms with Gasteiger partial charge in [0.15, 0.2) is 0 Å². The highest BCUT2D eigenvalue weighted by molar-refractivity contribution is 7.92. The number of rotatable bonds is 9. The van der Waals surface area contributed by atoms with Crippen LogP contribution in [0.5, 0.6) is 0 Å². The van der Waals surface area contributed by atoms with Crippen molar-refractivity contribution in [3.8, 4) is 0 Å². The van der Waals surface area contributed by atoms with Gasteiger partial charge in [0.25, 0.3) is 0 Å². The molecule has 1 atom stereocenters. The lowest BCUT2D eigenvalue weighted by atomic mass is 9.95. The van der Waals surface area contributed by atoms with Crippen LogP contribution >= 0.6 is 23.2 Å². The van der Waals surface area contributed by atoms with Gasteiger partial charge >= 0.3 is 0 Å². The third-order valence-electron chi connectivity index (χ3n) is 6.48. The molecule has 2 aromatic carbocycles. The molecule has 0 aliphatic heterocycles. The maximum absolute atomic E-state index is 13.7. The molecule has 0 saturated heterocycles. The summed E-state index contributed by atoms with van der Waals surface area (Å²) < 4.78 is 26.5. The number of hydrogen-bond donors (Lipinski definition) is 1. The molecule has 0 unspecified atom stereocenters. The van der Waals surface area contributed by atoms with Gasteiger partial charge in [0.1, 0.15) is 12.6 Å². The van der Waals surface area contributed by atoms with Gasteiger partial charge in [-0.25, -0.2) is 8.42 Å². The van der Waals surface area contributed by atoms with E-state index in [4.69, 9.17) is 23.2 Å². The van der Waals surface area contributed by atoms with Crippen molar-refractivity contribution in [2.45, 2.75) is 64.6 Å². The first-order valence-electron chi connectivity index (χ1n) is 12.0. The number of nitrogens with zero attached hydrogens (tertiary/aromatic N) is 2. The predicted octanol–water partition coefficient (Wildman–Crippen LogP) is 4.93. The Balaban J connectivity index is 1.90. The van der Waals surface area contributed by atoms with Crippen molar-refractivity contribution in [2.75, 3.05) is 17.1 Å². The quantitative estimate of drug-likeness (QED) is 0.476. The lowest BCUT2D eigenvalue weighted by Crippen LogP contribution is -2.53. The molecule has 1 fully saturated rings. The zero-order valence-corrected chi connectivity index (χ0v) is 23.2. The molecule has 0 radical (unpaired) electrons. The van der Waals surface area contributed by atoms with E-state index in [0.717, 1.165) is 48.2 Å². The van der Waals surface area contributed by atoms with Crippen LogP contribution < -0.4 is 9.62 Å². The third kappa shape index (κ3) is 7.60. The number of benzene rings is 2. The third-order valence-corrected chi connectivity index (χ3v) is 8.08. The minimum absolute atomic E-state index is 0.0819. The lowest BCUT2D eigenvalue weighted by molar-refractivity contribution is -0.139. The van der Waals surface area contributed by atoms with Crippen LogP contribution in [0.4, 0.5) is 5.69 Å². The fourth-order valence-electron chi connectivity index (χ4n) is 4.43. The Labute approximate surface area is 223 Å². The topological polar surface area (TPSA) is 86.8 Å². The zero-order chi connectivity index (χ0) is 26.5. The SMILES string of the molecule is Cc1ccc(Cl)cc1N(CC(=O)N(Cc1cccc(Cl)c1)[C@H](C)C(=O)NC1CCCCC1)S(C)(=O)=O. The van der Waals surface area contributed by atoms with Gasteiger partial charge in [-0.3, -0.25) is 13.9 Å². The van der Waals surface area contributed by atoms with E-state index < -0.39 is 28.5 Å². The fourth-order valence-corrected chi connectivity index (χ4v) is 5.71. The van der Waals surface area contributed by atoms with Gasteiger partial charge in [-0.15, -0.1) is 0 Å². The minimum atomic E-state index is -3.83. The molecular weight excluding hydrogens is 521 g/mol. The van der Waals surface area contributed by atoms with E-state index in [1.165, 1.54) is 11.0 Å². The Morgan fingerprint density at radius 2 is 1.72 bits per heavy atom. The molecule has 3 rings (SSSR count). The summed E-state index contributed by atoms with van der Waals surface area (Å²) in [4.78, 5) is 28.3. The monoisotopic (exact) mass is 553 g/mol. The highest BCUT2D eigenvalue weighted by Gasteiger charge is 2.31. The molecule has 0 aromatic heterocycles. The first-order valence-corrected chi connectivity index (χ1v) is 14.6. The Kier molecular flexibility index (Phi) is 9.66. The average Bonchev–Trinajstić information content (AvgIpc) is 2.82. The Morgan fingerprint density at radius 1 is 1.06 bits per heavy atom. The van der Waals surface area contributed by atoms with Gasteiger partial charge in [-0.2, -0.15) is 0 Å². The summed E-state index contributed by atoms with van der Waals surface area (Å²) in [6.07, 6.45) is 6.15. The second-order valence-corrected chi connectivity index (χ2v) is 12.2. The fraction of sp³-hybridized carbons (Fsp3) is 0.462. The van der Waals surface area contributed by atoms with Crippen LogP contribution in [0.3, 0.4) is 0 Å². The van der Waals surface area contributed by atoms with Gasteiger partial charge in [-0.05, 0) is 62.1 Å². The smallest absolute Gasteiger partial charge is 0.244 e. The molecule has 36 heavy (non-hydrogen) atoms. The van der Waals surface area contributed by atoms with E-state index in [-0.39, 0.29) is 18.5 Å². The van der Waals surface area contributed by atoms with Crippen LogP contribution in [0.25, 0.3) is 0 Å². The number of amides is 2. The number of anilines is 1. The van der Waals surface area contributed by atoms with Crippen molar-refractivity contribution < 1.29 is 18.0 Å². The van der Waals surface area contributed by atoms with Crippen molar-refractivity contribution in [3.63, 3.8) is 0 Å². The molecule has 1 aliphatic carbocycles. The predicted molar refractivity (Wildman–Crippen MR) is 145 cm³/mol. The second-order valence-electron chi connectivity index (χ2n) is 9.37. The Hall–Kier alpha value is -2.29. The van der Waals surface area contributed by atoms with Crippen LogP contribution in [0.15, 0.2) is 42.5 Å². The number of carbonyl (C=O) groups is 2. The minimum Gasteiger partial charge on any atom is -0.352 e. The maximum Gasteiger partial charge on any atom is 0.244 e. The van der Waals surface area contributed by atoms with E-state index in [2.05, 4.69) is 5.32 Å². The van der Waals surface area contributed by atoms with Crippen LogP contribution in [0, 0.1) is 6.92 Å². The van der Waals surface area contributed by atoms with Gasteiger partial charge in [0.05, 0.1) is 11.9 Å². The van der Waals surface area contributed by atoms with Crippen LogP contribution in [0.1, 0.15) is 50.2 Å². The molecule has 196 valence electrons. The number of halogens is 2. The van der Waals surface area contributed by atoms with Gasteiger partial charge < -0.3 is 10.2 Å². The van der Waals surface area contributed by atoms with E-state index in [0.29, 0.717) is 21.3 Å². The second kappa shape index (κ2) is 12.3. The largest absolute Gasteiger partial charge is 0.352 e. The molecule has 0 heterocycles. The molecule has 10 heteroatoms. The van der Waals surface area contributed by atoms with Gasteiger partial charge in [-0.1, -0.05) is 60.7 Å². The van der Waals surface area contributed by atoms with Gasteiger partial charge in [0, 0.05) is 22.6 Å². The van der Waals surface area contributed by atoms with Crippen molar-refractivity contribution >= 4 is 50.7 Å². The summed E-state index contributed by atoms with van der Waals surface area (Å²) in [5.74, 6) is -0.770. The van der Waals surface area contributed by atoms with Crippen molar-refractivity contribution in [2.24, 2.45) is 0 Å². The van der Waals surface area contributed by atoms with Crippen molar-refractivity contribution in [3.05, 3.63) is 63.6 Å². The van der Waals surface area contributed by atoms with Crippen molar-refractivity contribution in [1.82, 2.24) is 10.2 Å². The van der Waals surface area contributed by atoms with Crippen LogP contribution in [0.2, 0.25) is 10.0 Å². The molecule has 2 amide bonds. The molecule has 2 aromatic rings. The molecule has 1 saturated carbocycles. The first-order chi connectivity index (χ1) is 17.0. The molecular formula is C26H33Cl2N3O4S. The van der Waals surface area contributed by atoms with E-state index >= 15 is 0 Å². The summed E-state index contributed by atoms with van der Waals surface area (Å²) in [5.41, 5.74) is 1.71. The summed E-state index contributed by atoms with van der Waals surface area (Å²) in [5, 5.41) is 3.94. The standard InChI is InChI=1S/C26H33Cl2N3O4S/c1-18-12-13-22(28)15-24(18)31(36(3,34)35)17-25(32)30(16-20-8-7-9-21(27)14-20)19(2)26(33)29-23-10-5-4-6-11-23/h7-9,12-15,19,23H,4-6,10-11,16-17H2,1-3H3,(H,29,33)/t19-/m1/s1. The van der Waals surface area contributed by atoms with Crippen LogP contribution in [-0.2, 0) is 26.2 Å². The summed E-state index contributed by atoms with van der Waals surface area (Å²) in [7, 11) is -3.83. The maximum atomic E-state index is 13.7. The molecule has 1 N–H and O–H groups in total. The van der Waals surface area contributed by atoms with E-state index in [9.17, 15) is 18.0 Å². The first kappa shape index (κ1) is 28.3. The molecule has 0 spiro atoms. The van der Waals surface area contributed by atoms with Gasteiger partial charge in [0.2, 0.25) is 21.8 Å². The lowest BCUT2D eigenvalue weighted by Gasteiger charge is -2.33. The van der Waals surface area contributed by atoms with E-state index in [1.807, 2.05) is 6.07 Å². The molecule has 7 nitrogen and oxygen atoms in total. The highest BCUT2D eigenvalue weighted by Crippen LogP contribution is 2.27. The van der Waals surface area contributed by atoms with Crippen LogP contribution in [-0.4, -0.2) is 50.0 Å².